The van der Waals surface area contributed by atoms with Crippen molar-refractivity contribution in [3.05, 3.63) is 28.8 Å². The van der Waals surface area contributed by atoms with Crippen LogP contribution in [0.25, 0.3) is 0 Å². The van der Waals surface area contributed by atoms with E-state index < -0.39 is 0 Å². The van der Waals surface area contributed by atoms with Gasteiger partial charge in [0.05, 0.1) is 0 Å². The van der Waals surface area contributed by atoms with Gasteiger partial charge in [0.2, 0.25) is 0 Å². The lowest BCUT2D eigenvalue weighted by Gasteiger charge is -2.10. The van der Waals surface area contributed by atoms with Crippen LogP contribution in [0, 0.1) is 13.8 Å². The maximum atomic E-state index is 5.57. The molecule has 3 N–H and O–H groups in total. The van der Waals surface area contributed by atoms with Crippen LogP contribution in [0.3, 0.4) is 0 Å². The standard InChI is InChI=1S/C12H18N2/c1-8-5-9(2)12-10(6-8)7-11(14-12)3-4-13/h5-6,11,14H,3-4,7,13H2,1-2H3. The van der Waals surface area contributed by atoms with Crippen molar-refractivity contribution >= 4 is 5.69 Å². The Kier molecular flexibility index (Phi) is 2.46. The number of nitrogens with one attached hydrogen (secondary N) is 1. The zero-order valence-corrected chi connectivity index (χ0v) is 8.93. The largest absolute Gasteiger partial charge is 0.381 e. The summed E-state index contributed by atoms with van der Waals surface area (Å²) in [6.45, 7) is 5.09. The highest BCUT2D eigenvalue weighted by molar-refractivity contribution is 5.63. The fourth-order valence-corrected chi connectivity index (χ4v) is 2.32. The lowest BCUT2D eigenvalue weighted by molar-refractivity contribution is 0.684. The highest BCUT2D eigenvalue weighted by atomic mass is 15.0. The SMILES string of the molecule is Cc1cc(C)c2c(c1)CC(CCN)N2. The molecule has 0 aromatic heterocycles. The van der Waals surface area contributed by atoms with E-state index in [4.69, 9.17) is 5.73 Å². The van der Waals surface area contributed by atoms with E-state index in [2.05, 4.69) is 31.3 Å². The summed E-state index contributed by atoms with van der Waals surface area (Å²) >= 11 is 0. The first-order valence-electron chi connectivity index (χ1n) is 5.27. The molecule has 0 fully saturated rings. The summed E-state index contributed by atoms with van der Waals surface area (Å²) in [4.78, 5) is 0. The topological polar surface area (TPSA) is 38.0 Å². The van der Waals surface area contributed by atoms with Gasteiger partial charge in [-0.05, 0) is 44.4 Å². The highest BCUT2D eigenvalue weighted by Crippen LogP contribution is 2.31. The van der Waals surface area contributed by atoms with Crippen molar-refractivity contribution in [3.63, 3.8) is 0 Å². The number of rotatable bonds is 2. The van der Waals surface area contributed by atoms with Crippen LogP contribution >= 0.6 is 0 Å². The van der Waals surface area contributed by atoms with E-state index in [1.54, 1.807) is 0 Å². The van der Waals surface area contributed by atoms with Crippen LogP contribution in [-0.4, -0.2) is 12.6 Å². The van der Waals surface area contributed by atoms with Crippen molar-refractivity contribution < 1.29 is 0 Å². The molecular formula is C12H18N2. The van der Waals surface area contributed by atoms with E-state index in [1.165, 1.54) is 22.4 Å². The second kappa shape index (κ2) is 3.62. The lowest BCUT2D eigenvalue weighted by Crippen LogP contribution is -2.19. The minimum Gasteiger partial charge on any atom is -0.381 e. The molecule has 0 saturated carbocycles. The Bertz CT molecular complexity index is 344. The lowest BCUT2D eigenvalue weighted by atomic mass is 10.0. The van der Waals surface area contributed by atoms with Gasteiger partial charge in [-0.2, -0.15) is 0 Å². The zero-order valence-electron chi connectivity index (χ0n) is 8.93. The molecule has 0 spiro atoms. The Morgan fingerprint density at radius 1 is 1.43 bits per heavy atom. The van der Waals surface area contributed by atoms with E-state index >= 15 is 0 Å². The van der Waals surface area contributed by atoms with Crippen LogP contribution in [0.1, 0.15) is 23.1 Å². The number of aryl methyl sites for hydroxylation is 2. The molecule has 1 aliphatic rings. The van der Waals surface area contributed by atoms with Crippen molar-refractivity contribution in [2.45, 2.75) is 32.7 Å². The van der Waals surface area contributed by atoms with Crippen molar-refractivity contribution in [1.29, 1.82) is 0 Å². The van der Waals surface area contributed by atoms with Crippen molar-refractivity contribution in [2.24, 2.45) is 5.73 Å². The van der Waals surface area contributed by atoms with E-state index in [9.17, 15) is 0 Å². The molecule has 2 rings (SSSR count). The third-order valence-electron chi connectivity index (χ3n) is 2.89. The first kappa shape index (κ1) is 9.53. The Morgan fingerprint density at radius 2 is 2.21 bits per heavy atom. The number of hydrogen-bond donors (Lipinski definition) is 2. The Labute approximate surface area is 85.5 Å². The molecule has 76 valence electrons. The fraction of sp³-hybridized carbons (Fsp3) is 0.500. The van der Waals surface area contributed by atoms with Crippen LogP contribution in [0.2, 0.25) is 0 Å². The van der Waals surface area contributed by atoms with Crippen molar-refractivity contribution in [3.8, 4) is 0 Å². The summed E-state index contributed by atoms with van der Waals surface area (Å²) in [6, 6.07) is 5.07. The molecule has 0 radical (unpaired) electrons. The number of fused-ring (bicyclic) bond motifs is 1. The molecule has 2 nitrogen and oxygen atoms in total. The van der Waals surface area contributed by atoms with E-state index in [0.717, 1.165) is 19.4 Å². The Balaban J connectivity index is 2.26. The van der Waals surface area contributed by atoms with Crippen LogP contribution in [0.4, 0.5) is 5.69 Å². The Morgan fingerprint density at radius 3 is 2.93 bits per heavy atom. The molecule has 0 bridgehead atoms. The third kappa shape index (κ3) is 1.62. The molecule has 1 heterocycles. The van der Waals surface area contributed by atoms with Gasteiger partial charge in [-0.15, -0.1) is 0 Å². The van der Waals surface area contributed by atoms with Crippen molar-refractivity contribution in [2.75, 3.05) is 11.9 Å². The fourth-order valence-electron chi connectivity index (χ4n) is 2.32. The molecule has 0 aliphatic carbocycles. The second-order valence-electron chi connectivity index (χ2n) is 4.24. The second-order valence-corrected chi connectivity index (χ2v) is 4.24. The first-order valence-corrected chi connectivity index (χ1v) is 5.27. The van der Waals surface area contributed by atoms with Gasteiger partial charge < -0.3 is 11.1 Å². The van der Waals surface area contributed by atoms with Gasteiger partial charge in [-0.3, -0.25) is 0 Å². The predicted octanol–water partition coefficient (Wildman–Crippen LogP) is 1.99. The van der Waals surface area contributed by atoms with Crippen LogP contribution in [0.15, 0.2) is 12.1 Å². The molecule has 14 heavy (non-hydrogen) atoms. The molecule has 1 aromatic carbocycles. The van der Waals surface area contributed by atoms with Gasteiger partial charge in [0.15, 0.2) is 0 Å². The van der Waals surface area contributed by atoms with Crippen LogP contribution in [-0.2, 0) is 6.42 Å². The molecule has 2 heteroatoms. The first-order chi connectivity index (χ1) is 6.70. The predicted molar refractivity (Wildman–Crippen MR) is 60.7 cm³/mol. The van der Waals surface area contributed by atoms with Gasteiger partial charge in [-0.1, -0.05) is 17.7 Å². The Hall–Kier alpha value is -1.02. The monoisotopic (exact) mass is 190 g/mol. The minimum atomic E-state index is 0.551. The van der Waals surface area contributed by atoms with Crippen LogP contribution in [0.5, 0.6) is 0 Å². The minimum absolute atomic E-state index is 0.551. The average Bonchev–Trinajstić information content (AvgIpc) is 2.48. The summed E-state index contributed by atoms with van der Waals surface area (Å²) in [5, 5.41) is 3.55. The summed E-state index contributed by atoms with van der Waals surface area (Å²) < 4.78 is 0. The van der Waals surface area contributed by atoms with Crippen LogP contribution < -0.4 is 11.1 Å². The summed E-state index contributed by atoms with van der Waals surface area (Å²) in [5.74, 6) is 0. The van der Waals surface area contributed by atoms with E-state index in [-0.39, 0.29) is 0 Å². The molecule has 0 saturated heterocycles. The molecular weight excluding hydrogens is 172 g/mol. The van der Waals surface area contributed by atoms with Gasteiger partial charge in [0, 0.05) is 11.7 Å². The third-order valence-corrected chi connectivity index (χ3v) is 2.89. The number of anilines is 1. The molecule has 1 aliphatic heterocycles. The average molecular weight is 190 g/mol. The van der Waals surface area contributed by atoms with E-state index in [0.29, 0.717) is 6.04 Å². The van der Waals surface area contributed by atoms with Crippen molar-refractivity contribution in [1.82, 2.24) is 0 Å². The maximum absolute atomic E-state index is 5.57. The summed E-state index contributed by atoms with van der Waals surface area (Å²) in [7, 11) is 0. The smallest absolute Gasteiger partial charge is 0.0405 e. The van der Waals surface area contributed by atoms with Gasteiger partial charge in [0.1, 0.15) is 0 Å². The van der Waals surface area contributed by atoms with Gasteiger partial charge >= 0.3 is 0 Å². The molecule has 1 atom stereocenters. The number of nitrogens with two attached hydrogens (primary N) is 1. The van der Waals surface area contributed by atoms with Gasteiger partial charge in [-0.25, -0.2) is 0 Å². The normalized spacial score (nSPS) is 19.2. The molecule has 0 amide bonds. The number of hydrogen-bond acceptors (Lipinski definition) is 2. The quantitative estimate of drug-likeness (QED) is 0.748. The number of benzene rings is 1. The summed E-state index contributed by atoms with van der Waals surface area (Å²) in [5.41, 5.74) is 11.1. The molecule has 1 aromatic rings. The summed E-state index contributed by atoms with van der Waals surface area (Å²) in [6.07, 6.45) is 2.20. The van der Waals surface area contributed by atoms with Gasteiger partial charge in [0.25, 0.3) is 0 Å². The molecule has 1 unspecified atom stereocenters. The maximum Gasteiger partial charge on any atom is 0.0405 e. The highest BCUT2D eigenvalue weighted by Gasteiger charge is 2.21. The zero-order chi connectivity index (χ0) is 10.1. The van der Waals surface area contributed by atoms with E-state index in [1.807, 2.05) is 0 Å².